The van der Waals surface area contributed by atoms with E-state index in [1.807, 2.05) is 44.2 Å². The van der Waals surface area contributed by atoms with E-state index in [0.717, 1.165) is 33.8 Å². The highest BCUT2D eigenvalue weighted by Gasteiger charge is 2.34. The van der Waals surface area contributed by atoms with Crippen LogP contribution in [0.3, 0.4) is 0 Å². The van der Waals surface area contributed by atoms with Gasteiger partial charge in [0.15, 0.2) is 0 Å². The lowest BCUT2D eigenvalue weighted by atomic mass is 10.0. The zero-order chi connectivity index (χ0) is 33.3. The molecule has 4 rings (SSSR count). The van der Waals surface area contributed by atoms with Crippen LogP contribution < -0.4 is 9.62 Å². The lowest BCUT2D eigenvalue weighted by Crippen LogP contribution is -2.53. The Labute approximate surface area is 276 Å². The molecule has 0 fully saturated rings. The van der Waals surface area contributed by atoms with Gasteiger partial charge in [-0.2, -0.15) is 0 Å². The highest BCUT2D eigenvalue weighted by Crippen LogP contribution is 2.29. The summed E-state index contributed by atoms with van der Waals surface area (Å²) in [5, 5.41) is 3.29. The SMILES string of the molecule is CCCCNC(=O)[C@@H](Cc1ccccc1)N(Cc1ccc(F)cc1)C(=O)CN(c1ccc(C)c(Cl)c1)S(=O)(=O)c1ccc(C)cc1. The van der Waals surface area contributed by atoms with E-state index in [1.54, 1.807) is 43.3 Å². The fourth-order valence-corrected chi connectivity index (χ4v) is 6.53. The quantitative estimate of drug-likeness (QED) is 0.150. The number of amides is 2. The highest BCUT2D eigenvalue weighted by atomic mass is 35.5. The maximum absolute atomic E-state index is 14.5. The number of carbonyl (C=O) groups is 2. The number of sulfonamides is 1. The Morgan fingerprint density at radius 2 is 1.57 bits per heavy atom. The van der Waals surface area contributed by atoms with Gasteiger partial charge in [-0.3, -0.25) is 13.9 Å². The second-order valence-corrected chi connectivity index (χ2v) is 13.5. The summed E-state index contributed by atoms with van der Waals surface area (Å²) >= 11 is 6.44. The number of anilines is 1. The number of halogens is 2. The van der Waals surface area contributed by atoms with Crippen molar-refractivity contribution in [3.8, 4) is 0 Å². The predicted molar refractivity (Wildman–Crippen MR) is 181 cm³/mol. The lowest BCUT2D eigenvalue weighted by molar-refractivity contribution is -0.140. The molecule has 2 amide bonds. The van der Waals surface area contributed by atoms with Gasteiger partial charge in [0.25, 0.3) is 10.0 Å². The first kappa shape index (κ1) is 34.7. The first-order valence-electron chi connectivity index (χ1n) is 15.2. The molecule has 4 aromatic rings. The molecule has 0 aliphatic carbocycles. The Hall–Kier alpha value is -4.21. The molecule has 0 bridgehead atoms. The molecule has 0 aliphatic rings. The average molecular weight is 664 g/mol. The summed E-state index contributed by atoms with van der Waals surface area (Å²) in [4.78, 5) is 29.7. The van der Waals surface area contributed by atoms with Crippen LogP contribution in [0, 0.1) is 19.7 Å². The molecule has 0 saturated carbocycles. The van der Waals surface area contributed by atoms with Gasteiger partial charge >= 0.3 is 0 Å². The molecular formula is C36H39ClFN3O4S. The molecule has 4 aromatic carbocycles. The molecule has 0 saturated heterocycles. The Morgan fingerprint density at radius 3 is 2.20 bits per heavy atom. The summed E-state index contributed by atoms with van der Waals surface area (Å²) in [6, 6.07) is 25.2. The summed E-state index contributed by atoms with van der Waals surface area (Å²) in [5.74, 6) is -1.41. The van der Waals surface area contributed by atoms with Crippen LogP contribution in [0.2, 0.25) is 5.02 Å². The van der Waals surface area contributed by atoms with Crippen LogP contribution in [0.4, 0.5) is 10.1 Å². The number of unbranched alkanes of at least 4 members (excludes halogenated alkanes) is 1. The zero-order valence-electron chi connectivity index (χ0n) is 26.2. The van der Waals surface area contributed by atoms with Crippen LogP contribution in [0.15, 0.2) is 102 Å². The van der Waals surface area contributed by atoms with Crippen LogP contribution in [-0.2, 0) is 32.6 Å². The van der Waals surface area contributed by atoms with E-state index in [9.17, 15) is 22.4 Å². The van der Waals surface area contributed by atoms with Gasteiger partial charge in [-0.25, -0.2) is 12.8 Å². The fraction of sp³-hybridized carbons (Fsp3) is 0.278. The van der Waals surface area contributed by atoms with Crippen molar-refractivity contribution in [2.75, 3.05) is 17.4 Å². The van der Waals surface area contributed by atoms with E-state index in [0.29, 0.717) is 17.1 Å². The molecule has 7 nitrogen and oxygen atoms in total. The second kappa shape index (κ2) is 15.9. The third-order valence-electron chi connectivity index (χ3n) is 7.70. The summed E-state index contributed by atoms with van der Waals surface area (Å²) in [6.07, 6.45) is 1.81. The standard InChI is InChI=1S/C36H39ClFN3O4S/c1-4-5-21-39-36(43)34(22-28-9-7-6-8-10-28)40(24-29-14-16-30(38)17-15-29)35(42)25-41(31-18-13-27(3)33(37)23-31)46(44,45)32-19-11-26(2)12-20-32/h6-20,23,34H,4-5,21-22,24-25H2,1-3H3,(H,39,43)/t34-/m1/s1. The first-order chi connectivity index (χ1) is 22.0. The van der Waals surface area contributed by atoms with Crippen molar-refractivity contribution in [2.24, 2.45) is 0 Å². The molecule has 1 N–H and O–H groups in total. The van der Waals surface area contributed by atoms with E-state index < -0.39 is 34.3 Å². The van der Waals surface area contributed by atoms with Crippen molar-refractivity contribution in [3.05, 3.63) is 130 Å². The number of hydrogen-bond acceptors (Lipinski definition) is 4. The molecule has 0 aliphatic heterocycles. The predicted octanol–water partition coefficient (Wildman–Crippen LogP) is 6.85. The molecule has 1 atom stereocenters. The van der Waals surface area contributed by atoms with Gasteiger partial charge in [0.2, 0.25) is 11.8 Å². The Balaban J connectivity index is 1.80. The van der Waals surface area contributed by atoms with Gasteiger partial charge in [-0.05, 0) is 73.4 Å². The van der Waals surface area contributed by atoms with Crippen LogP contribution in [0.1, 0.15) is 42.0 Å². The normalized spacial score (nSPS) is 11.9. The summed E-state index contributed by atoms with van der Waals surface area (Å²) in [6.45, 7) is 5.43. The molecular weight excluding hydrogens is 625 g/mol. The van der Waals surface area contributed by atoms with Crippen molar-refractivity contribution >= 4 is 39.1 Å². The van der Waals surface area contributed by atoms with E-state index in [1.165, 1.54) is 35.2 Å². The number of nitrogens with zero attached hydrogens (tertiary/aromatic N) is 2. The Morgan fingerprint density at radius 1 is 0.891 bits per heavy atom. The summed E-state index contributed by atoms with van der Waals surface area (Å²) in [5.41, 5.74) is 3.24. The number of hydrogen-bond donors (Lipinski definition) is 1. The Bertz CT molecular complexity index is 1730. The highest BCUT2D eigenvalue weighted by molar-refractivity contribution is 7.92. The minimum atomic E-state index is -4.25. The van der Waals surface area contributed by atoms with E-state index >= 15 is 0 Å². The van der Waals surface area contributed by atoms with Gasteiger partial charge in [0.05, 0.1) is 10.6 Å². The second-order valence-electron chi connectivity index (χ2n) is 11.3. The summed E-state index contributed by atoms with van der Waals surface area (Å²) in [7, 11) is -4.25. The van der Waals surface area contributed by atoms with Crippen LogP contribution >= 0.6 is 11.6 Å². The molecule has 0 aromatic heterocycles. The minimum Gasteiger partial charge on any atom is -0.354 e. The number of carbonyl (C=O) groups excluding carboxylic acids is 2. The third-order valence-corrected chi connectivity index (χ3v) is 9.89. The van der Waals surface area contributed by atoms with Crippen molar-refractivity contribution in [2.45, 2.75) is 57.5 Å². The molecule has 10 heteroatoms. The van der Waals surface area contributed by atoms with E-state index in [2.05, 4.69) is 5.32 Å². The topological polar surface area (TPSA) is 86.8 Å². The fourth-order valence-electron chi connectivity index (χ4n) is 4.95. The molecule has 242 valence electrons. The lowest BCUT2D eigenvalue weighted by Gasteiger charge is -2.34. The van der Waals surface area contributed by atoms with Gasteiger partial charge in [0.1, 0.15) is 18.4 Å². The third kappa shape index (κ3) is 8.95. The number of rotatable bonds is 14. The average Bonchev–Trinajstić information content (AvgIpc) is 3.04. The van der Waals surface area contributed by atoms with Crippen LogP contribution in [0.25, 0.3) is 0 Å². The van der Waals surface area contributed by atoms with Crippen molar-refractivity contribution in [3.63, 3.8) is 0 Å². The molecule has 0 heterocycles. The first-order valence-corrected chi connectivity index (χ1v) is 17.0. The monoisotopic (exact) mass is 663 g/mol. The van der Waals surface area contributed by atoms with Gasteiger partial charge < -0.3 is 10.2 Å². The minimum absolute atomic E-state index is 0.00539. The largest absolute Gasteiger partial charge is 0.354 e. The summed E-state index contributed by atoms with van der Waals surface area (Å²) < 4.78 is 43.2. The number of aryl methyl sites for hydroxylation is 2. The molecule has 0 radical (unpaired) electrons. The molecule has 46 heavy (non-hydrogen) atoms. The van der Waals surface area contributed by atoms with Crippen LogP contribution in [-0.4, -0.2) is 44.3 Å². The van der Waals surface area contributed by atoms with E-state index in [-0.39, 0.29) is 29.5 Å². The van der Waals surface area contributed by atoms with Crippen molar-refractivity contribution < 1.29 is 22.4 Å². The van der Waals surface area contributed by atoms with E-state index in [4.69, 9.17) is 11.6 Å². The van der Waals surface area contributed by atoms with Gasteiger partial charge in [-0.1, -0.05) is 91.2 Å². The maximum atomic E-state index is 14.5. The van der Waals surface area contributed by atoms with Crippen LogP contribution in [0.5, 0.6) is 0 Å². The number of benzene rings is 4. The smallest absolute Gasteiger partial charge is 0.264 e. The number of nitrogens with one attached hydrogen (secondary N) is 1. The zero-order valence-corrected chi connectivity index (χ0v) is 27.8. The molecule has 0 spiro atoms. The van der Waals surface area contributed by atoms with Crippen molar-refractivity contribution in [1.82, 2.24) is 10.2 Å². The maximum Gasteiger partial charge on any atom is 0.264 e. The Kier molecular flexibility index (Phi) is 12.0. The van der Waals surface area contributed by atoms with Gasteiger partial charge in [0, 0.05) is 24.5 Å². The van der Waals surface area contributed by atoms with Gasteiger partial charge in [-0.15, -0.1) is 0 Å². The van der Waals surface area contributed by atoms with Crippen molar-refractivity contribution in [1.29, 1.82) is 0 Å². The molecule has 0 unspecified atom stereocenters.